The van der Waals surface area contributed by atoms with Gasteiger partial charge in [-0.2, -0.15) is 0 Å². The summed E-state index contributed by atoms with van der Waals surface area (Å²) in [6, 6.07) is 12.3. The standard InChI is InChI=1S/C23H26N2O3/c1-14-4-7-19-17(10-14)18-13-16(6-8-20(18)25-19)24-23(26)12-15-5-9-21(27-2)22(11-15)28-3/h4-5,7,9-11,16,25H,6,8,12-13H2,1-3H3,(H,24,26). The molecular weight excluding hydrogens is 352 g/mol. The van der Waals surface area contributed by atoms with Crippen LogP contribution in [0.25, 0.3) is 10.9 Å². The van der Waals surface area contributed by atoms with Gasteiger partial charge >= 0.3 is 0 Å². The van der Waals surface area contributed by atoms with E-state index in [-0.39, 0.29) is 11.9 Å². The number of carbonyl (C=O) groups is 1. The Hall–Kier alpha value is -2.95. The summed E-state index contributed by atoms with van der Waals surface area (Å²) in [4.78, 5) is 16.2. The predicted molar refractivity (Wildman–Crippen MR) is 110 cm³/mol. The SMILES string of the molecule is COc1ccc(CC(=O)NC2CCc3[nH]c4ccc(C)cc4c3C2)cc1OC. The number of nitrogens with one attached hydrogen (secondary N) is 2. The second-order valence-electron chi connectivity index (χ2n) is 7.50. The van der Waals surface area contributed by atoms with Gasteiger partial charge in [0, 0.05) is 22.6 Å². The lowest BCUT2D eigenvalue weighted by atomic mass is 9.91. The van der Waals surface area contributed by atoms with Gasteiger partial charge in [-0.15, -0.1) is 0 Å². The van der Waals surface area contributed by atoms with Crippen molar-refractivity contribution in [1.82, 2.24) is 10.3 Å². The van der Waals surface area contributed by atoms with Crippen LogP contribution in [0, 0.1) is 6.92 Å². The Morgan fingerprint density at radius 2 is 1.96 bits per heavy atom. The molecule has 0 saturated heterocycles. The zero-order valence-corrected chi connectivity index (χ0v) is 16.6. The number of aromatic nitrogens is 1. The molecule has 146 valence electrons. The van der Waals surface area contributed by atoms with Gasteiger partial charge in [-0.05, 0) is 61.6 Å². The van der Waals surface area contributed by atoms with Crippen molar-refractivity contribution < 1.29 is 14.3 Å². The van der Waals surface area contributed by atoms with Crippen LogP contribution in [0.5, 0.6) is 11.5 Å². The third-order valence-corrected chi connectivity index (χ3v) is 5.52. The molecule has 0 fully saturated rings. The highest BCUT2D eigenvalue weighted by molar-refractivity contribution is 5.86. The summed E-state index contributed by atoms with van der Waals surface area (Å²) >= 11 is 0. The van der Waals surface area contributed by atoms with Gasteiger partial charge in [-0.25, -0.2) is 0 Å². The Morgan fingerprint density at radius 3 is 2.75 bits per heavy atom. The third kappa shape index (κ3) is 3.57. The number of hydrogen-bond donors (Lipinski definition) is 2. The van der Waals surface area contributed by atoms with Crippen molar-refractivity contribution in [3.8, 4) is 11.5 Å². The first-order valence-electron chi connectivity index (χ1n) is 9.67. The number of rotatable bonds is 5. The van der Waals surface area contributed by atoms with Crippen molar-refractivity contribution in [2.24, 2.45) is 0 Å². The number of aromatic amines is 1. The van der Waals surface area contributed by atoms with E-state index in [1.54, 1.807) is 14.2 Å². The summed E-state index contributed by atoms with van der Waals surface area (Å²) < 4.78 is 10.6. The van der Waals surface area contributed by atoms with Crippen molar-refractivity contribution in [1.29, 1.82) is 0 Å². The first kappa shape index (κ1) is 18.4. The molecule has 0 radical (unpaired) electrons. The van der Waals surface area contributed by atoms with Gasteiger partial charge in [0.25, 0.3) is 0 Å². The fourth-order valence-electron chi connectivity index (χ4n) is 4.11. The quantitative estimate of drug-likeness (QED) is 0.711. The average molecular weight is 378 g/mol. The number of methoxy groups -OCH3 is 2. The van der Waals surface area contributed by atoms with E-state index in [1.807, 2.05) is 18.2 Å². The molecule has 28 heavy (non-hydrogen) atoms. The van der Waals surface area contributed by atoms with Crippen LogP contribution in [-0.2, 0) is 24.1 Å². The van der Waals surface area contributed by atoms with E-state index in [0.29, 0.717) is 17.9 Å². The molecule has 5 heteroatoms. The van der Waals surface area contributed by atoms with Crippen LogP contribution in [0.15, 0.2) is 36.4 Å². The maximum atomic E-state index is 12.6. The van der Waals surface area contributed by atoms with Gasteiger partial charge in [0.05, 0.1) is 20.6 Å². The molecule has 3 aromatic rings. The van der Waals surface area contributed by atoms with Gasteiger partial charge < -0.3 is 19.8 Å². The lowest BCUT2D eigenvalue weighted by Gasteiger charge is -2.24. The van der Waals surface area contributed by atoms with E-state index in [0.717, 1.165) is 24.8 Å². The number of aryl methyl sites for hydroxylation is 2. The first-order valence-corrected chi connectivity index (χ1v) is 9.67. The summed E-state index contributed by atoms with van der Waals surface area (Å²) in [5, 5.41) is 4.50. The van der Waals surface area contributed by atoms with Crippen molar-refractivity contribution >= 4 is 16.8 Å². The highest BCUT2D eigenvalue weighted by Crippen LogP contribution is 2.30. The van der Waals surface area contributed by atoms with E-state index in [9.17, 15) is 4.79 Å². The molecule has 4 rings (SSSR count). The lowest BCUT2D eigenvalue weighted by molar-refractivity contribution is -0.121. The average Bonchev–Trinajstić information content (AvgIpc) is 3.05. The van der Waals surface area contributed by atoms with Gasteiger partial charge in [-0.1, -0.05) is 17.7 Å². The van der Waals surface area contributed by atoms with Crippen LogP contribution < -0.4 is 14.8 Å². The molecular formula is C23H26N2O3. The number of ether oxygens (including phenoxy) is 2. The van der Waals surface area contributed by atoms with Crippen LogP contribution in [0.1, 0.15) is 28.8 Å². The van der Waals surface area contributed by atoms with E-state index in [4.69, 9.17) is 9.47 Å². The molecule has 1 unspecified atom stereocenters. The Balaban J connectivity index is 1.45. The first-order chi connectivity index (χ1) is 13.6. The van der Waals surface area contributed by atoms with E-state index < -0.39 is 0 Å². The molecule has 2 N–H and O–H groups in total. The minimum atomic E-state index is 0.0386. The zero-order valence-electron chi connectivity index (χ0n) is 16.6. The molecule has 0 aliphatic heterocycles. The van der Waals surface area contributed by atoms with Crippen molar-refractivity contribution in [2.75, 3.05) is 14.2 Å². The van der Waals surface area contributed by atoms with E-state index in [2.05, 4.69) is 35.4 Å². The molecule has 1 aliphatic carbocycles. The predicted octanol–water partition coefficient (Wildman–Crippen LogP) is 3.71. The van der Waals surface area contributed by atoms with Crippen LogP contribution in [0.3, 0.4) is 0 Å². The second-order valence-corrected chi connectivity index (χ2v) is 7.50. The van der Waals surface area contributed by atoms with Crippen molar-refractivity contribution in [2.45, 2.75) is 38.6 Å². The topological polar surface area (TPSA) is 63.3 Å². The molecule has 0 saturated carbocycles. The summed E-state index contributed by atoms with van der Waals surface area (Å²) in [6.45, 7) is 2.12. The van der Waals surface area contributed by atoms with Crippen molar-refractivity contribution in [3.05, 3.63) is 58.8 Å². The molecule has 1 aromatic heterocycles. The Bertz CT molecular complexity index is 1020. The van der Waals surface area contributed by atoms with Crippen LogP contribution in [-0.4, -0.2) is 31.2 Å². The number of fused-ring (bicyclic) bond motifs is 3. The maximum Gasteiger partial charge on any atom is 0.224 e. The van der Waals surface area contributed by atoms with Crippen LogP contribution in [0.2, 0.25) is 0 Å². The Kier molecular flexibility index (Phi) is 4.99. The fourth-order valence-corrected chi connectivity index (χ4v) is 4.11. The third-order valence-electron chi connectivity index (χ3n) is 5.52. The minimum absolute atomic E-state index is 0.0386. The number of benzene rings is 2. The van der Waals surface area contributed by atoms with Crippen molar-refractivity contribution in [3.63, 3.8) is 0 Å². The number of amides is 1. The number of carbonyl (C=O) groups excluding carboxylic acids is 1. The molecule has 1 atom stereocenters. The molecule has 2 aromatic carbocycles. The highest BCUT2D eigenvalue weighted by Gasteiger charge is 2.24. The van der Waals surface area contributed by atoms with Crippen LogP contribution in [0.4, 0.5) is 0 Å². The Morgan fingerprint density at radius 1 is 1.14 bits per heavy atom. The molecule has 0 spiro atoms. The monoisotopic (exact) mass is 378 g/mol. The van der Waals surface area contributed by atoms with Gasteiger partial charge in [0.1, 0.15) is 0 Å². The normalized spacial score (nSPS) is 15.9. The van der Waals surface area contributed by atoms with E-state index in [1.165, 1.54) is 27.7 Å². The van der Waals surface area contributed by atoms with Crippen LogP contribution >= 0.6 is 0 Å². The van der Waals surface area contributed by atoms with E-state index >= 15 is 0 Å². The highest BCUT2D eigenvalue weighted by atomic mass is 16.5. The molecule has 5 nitrogen and oxygen atoms in total. The molecule has 1 amide bonds. The summed E-state index contributed by atoms with van der Waals surface area (Å²) in [7, 11) is 3.21. The molecule has 0 bridgehead atoms. The summed E-state index contributed by atoms with van der Waals surface area (Å²) in [5.74, 6) is 1.35. The molecule has 1 heterocycles. The summed E-state index contributed by atoms with van der Waals surface area (Å²) in [5.41, 5.74) is 6.02. The largest absolute Gasteiger partial charge is 0.493 e. The summed E-state index contributed by atoms with van der Waals surface area (Å²) in [6.07, 6.45) is 3.12. The fraction of sp³-hybridized carbons (Fsp3) is 0.348. The maximum absolute atomic E-state index is 12.6. The zero-order chi connectivity index (χ0) is 19.7. The lowest BCUT2D eigenvalue weighted by Crippen LogP contribution is -2.39. The second kappa shape index (κ2) is 7.58. The minimum Gasteiger partial charge on any atom is -0.493 e. The number of H-pyrrole nitrogens is 1. The molecule has 1 aliphatic rings. The number of hydrogen-bond acceptors (Lipinski definition) is 3. The Labute approximate surface area is 165 Å². The van der Waals surface area contributed by atoms with Gasteiger partial charge in [0.2, 0.25) is 5.91 Å². The van der Waals surface area contributed by atoms with Gasteiger partial charge in [-0.3, -0.25) is 4.79 Å². The van der Waals surface area contributed by atoms with Gasteiger partial charge in [0.15, 0.2) is 11.5 Å². The smallest absolute Gasteiger partial charge is 0.224 e.